The van der Waals surface area contributed by atoms with Gasteiger partial charge in [-0.15, -0.1) is 0 Å². The van der Waals surface area contributed by atoms with Crippen LogP contribution in [0, 0.1) is 11.3 Å². The lowest BCUT2D eigenvalue weighted by molar-refractivity contribution is -0.114. The van der Waals surface area contributed by atoms with Gasteiger partial charge in [0.05, 0.1) is 17.8 Å². The molecule has 2 N–H and O–H groups in total. The number of Topliss-reactive ketones (excluding diaryl/α,β-unsaturated/α-hetero) is 1. The Morgan fingerprint density at radius 2 is 1.91 bits per heavy atom. The number of ketones is 1. The zero-order chi connectivity index (χ0) is 15.9. The second-order valence-corrected chi connectivity index (χ2v) is 4.70. The minimum atomic E-state index is -0.268. The molecular formula is C17H15N3O2. The monoisotopic (exact) mass is 293 g/mol. The Balaban J connectivity index is 1.97. The fraction of sp³-hybridized carbons (Fsp3) is 0.118. The van der Waals surface area contributed by atoms with Crippen molar-refractivity contribution in [3.8, 4) is 6.07 Å². The first kappa shape index (κ1) is 15.3. The van der Waals surface area contributed by atoms with Crippen molar-refractivity contribution >= 4 is 23.1 Å². The second kappa shape index (κ2) is 7.04. The summed E-state index contributed by atoms with van der Waals surface area (Å²) in [6.07, 6.45) is 0. The van der Waals surface area contributed by atoms with Gasteiger partial charge in [-0.1, -0.05) is 24.3 Å². The summed E-state index contributed by atoms with van der Waals surface area (Å²) in [6, 6.07) is 15.8. The number of rotatable bonds is 5. The van der Waals surface area contributed by atoms with Crippen molar-refractivity contribution in [3.63, 3.8) is 0 Å². The minimum Gasteiger partial charge on any atom is -0.376 e. The van der Waals surface area contributed by atoms with E-state index in [2.05, 4.69) is 10.6 Å². The molecule has 2 rings (SSSR count). The van der Waals surface area contributed by atoms with Crippen molar-refractivity contribution in [2.24, 2.45) is 0 Å². The van der Waals surface area contributed by atoms with E-state index in [1.54, 1.807) is 48.5 Å². The third kappa shape index (κ3) is 3.93. The second-order valence-electron chi connectivity index (χ2n) is 4.70. The van der Waals surface area contributed by atoms with Crippen LogP contribution in [0.4, 0.5) is 11.4 Å². The fourth-order valence-corrected chi connectivity index (χ4v) is 1.91. The molecule has 5 nitrogen and oxygen atoms in total. The Bertz CT molecular complexity index is 748. The van der Waals surface area contributed by atoms with E-state index in [0.717, 1.165) is 0 Å². The van der Waals surface area contributed by atoms with Crippen LogP contribution in [0.2, 0.25) is 0 Å². The summed E-state index contributed by atoms with van der Waals surface area (Å²) >= 11 is 0. The van der Waals surface area contributed by atoms with E-state index in [1.807, 2.05) is 6.07 Å². The van der Waals surface area contributed by atoms with E-state index in [9.17, 15) is 9.59 Å². The number of benzene rings is 2. The van der Waals surface area contributed by atoms with Crippen LogP contribution in [0.5, 0.6) is 0 Å². The molecule has 0 atom stereocenters. The molecule has 0 bridgehead atoms. The van der Waals surface area contributed by atoms with E-state index >= 15 is 0 Å². The molecule has 0 saturated carbocycles. The molecule has 2 aromatic carbocycles. The number of hydrogen-bond donors (Lipinski definition) is 2. The third-order valence-electron chi connectivity index (χ3n) is 3.04. The number of nitriles is 1. The Hall–Kier alpha value is -3.13. The van der Waals surface area contributed by atoms with E-state index < -0.39 is 0 Å². The molecular weight excluding hydrogens is 278 g/mol. The number of amides is 1. The molecule has 110 valence electrons. The average Bonchev–Trinajstić information content (AvgIpc) is 2.53. The van der Waals surface area contributed by atoms with Gasteiger partial charge < -0.3 is 10.6 Å². The van der Waals surface area contributed by atoms with E-state index in [4.69, 9.17) is 5.26 Å². The summed E-state index contributed by atoms with van der Waals surface area (Å²) in [5.41, 5.74) is 2.17. The predicted molar refractivity (Wildman–Crippen MR) is 84.7 cm³/mol. The zero-order valence-electron chi connectivity index (χ0n) is 12.1. The Morgan fingerprint density at radius 1 is 1.14 bits per heavy atom. The quantitative estimate of drug-likeness (QED) is 0.830. The predicted octanol–water partition coefficient (Wildman–Crippen LogP) is 2.81. The first-order chi connectivity index (χ1) is 10.6. The van der Waals surface area contributed by atoms with Gasteiger partial charge in [0.25, 0.3) is 0 Å². The van der Waals surface area contributed by atoms with E-state index in [1.165, 1.54) is 6.92 Å². The highest BCUT2D eigenvalue weighted by atomic mass is 16.2. The number of hydrogen-bond acceptors (Lipinski definition) is 4. The zero-order valence-corrected chi connectivity index (χ0v) is 12.1. The first-order valence-corrected chi connectivity index (χ1v) is 6.74. The lowest BCUT2D eigenvalue weighted by atomic mass is 10.1. The van der Waals surface area contributed by atoms with Gasteiger partial charge >= 0.3 is 0 Å². The van der Waals surface area contributed by atoms with Gasteiger partial charge in [-0.3, -0.25) is 9.59 Å². The van der Waals surface area contributed by atoms with Gasteiger partial charge in [0, 0.05) is 11.3 Å². The van der Waals surface area contributed by atoms with Crippen molar-refractivity contribution in [1.82, 2.24) is 0 Å². The van der Waals surface area contributed by atoms with Crippen LogP contribution in [-0.4, -0.2) is 18.2 Å². The topological polar surface area (TPSA) is 82.0 Å². The normalized spacial score (nSPS) is 9.64. The molecule has 22 heavy (non-hydrogen) atoms. The van der Waals surface area contributed by atoms with Crippen LogP contribution < -0.4 is 10.6 Å². The summed E-state index contributed by atoms with van der Waals surface area (Å²) in [7, 11) is 0. The number of anilines is 2. The van der Waals surface area contributed by atoms with Gasteiger partial charge in [-0.2, -0.15) is 5.26 Å². The van der Waals surface area contributed by atoms with Crippen molar-refractivity contribution in [2.75, 3.05) is 17.2 Å². The molecule has 0 fully saturated rings. The number of nitrogens with one attached hydrogen (secondary N) is 2. The van der Waals surface area contributed by atoms with E-state index in [-0.39, 0.29) is 18.2 Å². The van der Waals surface area contributed by atoms with Crippen molar-refractivity contribution in [1.29, 1.82) is 5.26 Å². The summed E-state index contributed by atoms with van der Waals surface area (Å²) in [5.74, 6) is -0.299. The average molecular weight is 293 g/mol. The summed E-state index contributed by atoms with van der Waals surface area (Å²) in [6.45, 7) is 1.53. The largest absolute Gasteiger partial charge is 0.376 e. The molecule has 0 spiro atoms. The molecule has 5 heteroatoms. The minimum absolute atomic E-state index is 0.0314. The van der Waals surface area contributed by atoms with Crippen LogP contribution in [0.3, 0.4) is 0 Å². The highest BCUT2D eigenvalue weighted by molar-refractivity contribution is 5.96. The first-order valence-electron chi connectivity index (χ1n) is 6.74. The standard InChI is InChI=1S/C17H15N3O2/c1-12(21)13-6-4-7-15(9-13)19-11-17(22)20-16-8-3-2-5-14(16)10-18/h2-9,19H,11H2,1H3,(H,20,22). The highest BCUT2D eigenvalue weighted by Crippen LogP contribution is 2.14. The number of carbonyl (C=O) groups is 2. The summed E-state index contributed by atoms with van der Waals surface area (Å²) in [4.78, 5) is 23.2. The molecule has 0 aromatic heterocycles. The maximum atomic E-state index is 11.9. The fourth-order valence-electron chi connectivity index (χ4n) is 1.91. The Kier molecular flexibility index (Phi) is 4.89. The van der Waals surface area contributed by atoms with Crippen molar-refractivity contribution < 1.29 is 9.59 Å². The van der Waals surface area contributed by atoms with Gasteiger partial charge in [-0.05, 0) is 31.2 Å². The molecule has 0 aliphatic rings. The number of nitrogens with zero attached hydrogens (tertiary/aromatic N) is 1. The lowest BCUT2D eigenvalue weighted by Crippen LogP contribution is -2.22. The number of para-hydroxylation sites is 1. The SMILES string of the molecule is CC(=O)c1cccc(NCC(=O)Nc2ccccc2C#N)c1. The van der Waals surface area contributed by atoms with Crippen molar-refractivity contribution in [3.05, 3.63) is 59.7 Å². The molecule has 0 aliphatic heterocycles. The lowest BCUT2D eigenvalue weighted by Gasteiger charge is -2.09. The maximum absolute atomic E-state index is 11.9. The van der Waals surface area contributed by atoms with Gasteiger partial charge in [0.2, 0.25) is 5.91 Å². The van der Waals surface area contributed by atoms with Crippen LogP contribution in [0.15, 0.2) is 48.5 Å². The Labute approximate surface area is 128 Å². The van der Waals surface area contributed by atoms with Gasteiger partial charge in [0.15, 0.2) is 5.78 Å². The van der Waals surface area contributed by atoms with Gasteiger partial charge in [-0.25, -0.2) is 0 Å². The number of carbonyl (C=O) groups excluding carboxylic acids is 2. The molecule has 0 saturated heterocycles. The molecule has 0 aliphatic carbocycles. The van der Waals surface area contributed by atoms with Crippen LogP contribution >= 0.6 is 0 Å². The van der Waals surface area contributed by atoms with Crippen LogP contribution in [-0.2, 0) is 4.79 Å². The maximum Gasteiger partial charge on any atom is 0.243 e. The Morgan fingerprint density at radius 3 is 2.64 bits per heavy atom. The van der Waals surface area contributed by atoms with Crippen LogP contribution in [0.1, 0.15) is 22.8 Å². The summed E-state index contributed by atoms with van der Waals surface area (Å²) < 4.78 is 0. The van der Waals surface area contributed by atoms with Crippen LogP contribution in [0.25, 0.3) is 0 Å². The van der Waals surface area contributed by atoms with Crippen molar-refractivity contribution in [2.45, 2.75) is 6.92 Å². The molecule has 0 heterocycles. The molecule has 2 aromatic rings. The molecule has 1 amide bonds. The third-order valence-corrected chi connectivity index (χ3v) is 3.04. The summed E-state index contributed by atoms with van der Waals surface area (Å²) in [5, 5.41) is 14.6. The smallest absolute Gasteiger partial charge is 0.243 e. The van der Waals surface area contributed by atoms with E-state index in [0.29, 0.717) is 22.5 Å². The van der Waals surface area contributed by atoms with Gasteiger partial charge in [0.1, 0.15) is 6.07 Å². The molecule has 0 radical (unpaired) electrons. The highest BCUT2D eigenvalue weighted by Gasteiger charge is 2.06. The molecule has 0 unspecified atom stereocenters.